The Kier molecular flexibility index (Phi) is 16.8. The van der Waals surface area contributed by atoms with E-state index in [9.17, 15) is 14.4 Å². The van der Waals surface area contributed by atoms with Gasteiger partial charge in [-0.3, -0.25) is 0 Å². The normalized spacial score (nSPS) is 19.6. The summed E-state index contributed by atoms with van der Waals surface area (Å²) in [5.74, 6) is -1.67. The molecule has 1 aliphatic rings. The van der Waals surface area contributed by atoms with E-state index in [0.29, 0.717) is 12.8 Å². The lowest BCUT2D eigenvalue weighted by Gasteiger charge is -2.33. The quantitative estimate of drug-likeness (QED) is 0.102. The highest BCUT2D eigenvalue weighted by Crippen LogP contribution is 2.36. The molecule has 1 saturated carbocycles. The second-order valence-corrected chi connectivity index (χ2v) is 13.2. The summed E-state index contributed by atoms with van der Waals surface area (Å²) >= 11 is 0. The molecule has 1 rings (SSSR count). The molecule has 0 bridgehead atoms. The van der Waals surface area contributed by atoms with Crippen LogP contribution in [0.5, 0.6) is 0 Å². The van der Waals surface area contributed by atoms with E-state index >= 15 is 0 Å². The van der Waals surface area contributed by atoms with Crippen LogP contribution in [0.2, 0.25) is 0 Å². The van der Waals surface area contributed by atoms with Gasteiger partial charge >= 0.3 is 17.9 Å². The topological polar surface area (TPSA) is 134 Å². The van der Waals surface area contributed by atoms with Crippen LogP contribution in [-0.2, 0) is 57.0 Å². The van der Waals surface area contributed by atoms with E-state index in [-0.39, 0.29) is 58.0 Å². The third-order valence-corrected chi connectivity index (χ3v) is 6.54. The lowest BCUT2D eigenvalue weighted by Crippen LogP contribution is -2.47. The highest BCUT2D eigenvalue weighted by Gasteiger charge is 2.48. The van der Waals surface area contributed by atoms with Gasteiger partial charge in [-0.1, -0.05) is 0 Å². The number of ether oxygens (including phenoxy) is 9. The Hall–Kier alpha value is -1.83. The van der Waals surface area contributed by atoms with E-state index in [1.54, 1.807) is 41.5 Å². The third-order valence-electron chi connectivity index (χ3n) is 6.54. The molecule has 258 valence electrons. The van der Waals surface area contributed by atoms with Crippen molar-refractivity contribution in [2.24, 2.45) is 0 Å². The third kappa shape index (κ3) is 15.0. The zero-order valence-electron chi connectivity index (χ0n) is 29.0. The van der Waals surface area contributed by atoms with Crippen molar-refractivity contribution >= 4 is 17.9 Å². The Bertz CT molecular complexity index is 830. The molecule has 0 saturated heterocycles. The SMILES string of the molecule is CC(C)OCCOC(=O)C(C)(C)OC1CC(OC(C)(C)C(=O)OCCOC(C)C)C(OC(C)(C)C(=O)OCCOC(C)C)C1. The van der Waals surface area contributed by atoms with Crippen LogP contribution in [0.25, 0.3) is 0 Å². The fourth-order valence-electron chi connectivity index (χ4n) is 4.36. The number of rotatable bonds is 21. The Morgan fingerprint density at radius 2 is 0.773 bits per heavy atom. The van der Waals surface area contributed by atoms with Crippen LogP contribution in [0.4, 0.5) is 0 Å². The van der Waals surface area contributed by atoms with Gasteiger partial charge in [-0.05, 0) is 83.1 Å². The summed E-state index contributed by atoms with van der Waals surface area (Å²) in [6.45, 7) is 22.1. The fraction of sp³-hybridized carbons (Fsp3) is 0.906. The van der Waals surface area contributed by atoms with Crippen LogP contribution in [0, 0.1) is 0 Å². The van der Waals surface area contributed by atoms with Crippen LogP contribution in [0.1, 0.15) is 95.9 Å². The lowest BCUT2D eigenvalue weighted by atomic mass is 10.1. The van der Waals surface area contributed by atoms with Crippen molar-refractivity contribution in [2.75, 3.05) is 39.6 Å². The van der Waals surface area contributed by atoms with Crippen LogP contribution >= 0.6 is 0 Å². The summed E-state index contributed by atoms with van der Waals surface area (Å²) < 4.78 is 51.3. The zero-order chi connectivity index (χ0) is 33.7. The standard InChI is InChI=1S/C32H58O12/c1-21(2)36-13-16-39-27(33)30(7,8)42-24-19-25(43-31(9,10)28(34)40-17-14-37-22(3)4)26(20-24)44-32(11,12)29(35)41-18-15-38-23(5)6/h21-26H,13-20H2,1-12H3. The zero-order valence-corrected chi connectivity index (χ0v) is 29.0. The largest absolute Gasteiger partial charge is 0.461 e. The minimum absolute atomic E-state index is 0.0129. The summed E-state index contributed by atoms with van der Waals surface area (Å²) in [5.41, 5.74) is -3.97. The first-order valence-corrected chi connectivity index (χ1v) is 15.7. The Morgan fingerprint density at radius 1 is 0.500 bits per heavy atom. The van der Waals surface area contributed by atoms with Crippen molar-refractivity contribution in [3.63, 3.8) is 0 Å². The van der Waals surface area contributed by atoms with Gasteiger partial charge in [0, 0.05) is 12.8 Å². The number of hydrogen-bond donors (Lipinski definition) is 0. The molecule has 2 unspecified atom stereocenters. The average molecular weight is 635 g/mol. The lowest BCUT2D eigenvalue weighted by molar-refractivity contribution is -0.200. The summed E-state index contributed by atoms with van der Waals surface area (Å²) in [6.07, 6.45) is -1.21. The monoisotopic (exact) mass is 634 g/mol. The van der Waals surface area contributed by atoms with Gasteiger partial charge in [-0.2, -0.15) is 0 Å². The molecule has 0 spiro atoms. The predicted molar refractivity (Wildman–Crippen MR) is 162 cm³/mol. The van der Waals surface area contributed by atoms with Crippen LogP contribution in [0.3, 0.4) is 0 Å². The van der Waals surface area contributed by atoms with Gasteiger partial charge in [0.25, 0.3) is 0 Å². The Labute approximate surface area is 264 Å². The summed E-state index contributed by atoms with van der Waals surface area (Å²) in [7, 11) is 0. The van der Waals surface area contributed by atoms with Crippen molar-refractivity contribution in [3.8, 4) is 0 Å². The van der Waals surface area contributed by atoms with E-state index < -0.39 is 53.0 Å². The number of hydrogen-bond acceptors (Lipinski definition) is 12. The molecule has 0 aliphatic heterocycles. The smallest absolute Gasteiger partial charge is 0.337 e. The highest BCUT2D eigenvalue weighted by molar-refractivity contribution is 5.79. The molecule has 1 fully saturated rings. The molecule has 0 amide bonds. The van der Waals surface area contributed by atoms with Gasteiger partial charge in [0.2, 0.25) is 0 Å². The molecule has 0 heterocycles. The fourth-order valence-corrected chi connectivity index (χ4v) is 4.36. The van der Waals surface area contributed by atoms with E-state index in [0.717, 1.165) is 0 Å². The average Bonchev–Trinajstić information content (AvgIpc) is 3.23. The first kappa shape index (κ1) is 40.2. The maximum Gasteiger partial charge on any atom is 0.337 e. The molecule has 0 aromatic rings. The van der Waals surface area contributed by atoms with Crippen molar-refractivity contribution < 1.29 is 57.0 Å². The molecule has 44 heavy (non-hydrogen) atoms. The molecular formula is C32H58O12. The maximum atomic E-state index is 12.9. The van der Waals surface area contributed by atoms with Gasteiger partial charge in [0.15, 0.2) is 16.8 Å². The van der Waals surface area contributed by atoms with Crippen molar-refractivity contribution in [2.45, 2.75) is 149 Å². The molecule has 0 radical (unpaired) electrons. The summed E-state index contributed by atoms with van der Waals surface area (Å²) in [5, 5.41) is 0. The Balaban J connectivity index is 2.98. The molecule has 2 atom stereocenters. The molecule has 12 heteroatoms. The first-order chi connectivity index (χ1) is 20.3. The predicted octanol–water partition coefficient (Wildman–Crippen LogP) is 4.18. The Morgan fingerprint density at radius 3 is 1.05 bits per heavy atom. The van der Waals surface area contributed by atoms with E-state index in [4.69, 9.17) is 42.6 Å². The van der Waals surface area contributed by atoms with Crippen molar-refractivity contribution in [1.82, 2.24) is 0 Å². The van der Waals surface area contributed by atoms with Crippen molar-refractivity contribution in [3.05, 3.63) is 0 Å². The number of carbonyl (C=O) groups is 3. The van der Waals surface area contributed by atoms with Gasteiger partial charge < -0.3 is 42.6 Å². The molecule has 0 N–H and O–H groups in total. The van der Waals surface area contributed by atoms with Gasteiger partial charge in [0.1, 0.15) is 19.8 Å². The van der Waals surface area contributed by atoms with Gasteiger partial charge in [0.05, 0.1) is 56.4 Å². The van der Waals surface area contributed by atoms with E-state index in [2.05, 4.69) is 0 Å². The van der Waals surface area contributed by atoms with Crippen LogP contribution in [-0.4, -0.2) is 111 Å². The highest BCUT2D eigenvalue weighted by atomic mass is 16.6. The molecule has 12 nitrogen and oxygen atoms in total. The minimum Gasteiger partial charge on any atom is -0.461 e. The van der Waals surface area contributed by atoms with E-state index in [1.807, 2.05) is 41.5 Å². The summed E-state index contributed by atoms with van der Waals surface area (Å²) in [6, 6.07) is 0. The molecule has 1 aliphatic carbocycles. The second kappa shape index (κ2) is 18.3. The second-order valence-electron chi connectivity index (χ2n) is 13.2. The van der Waals surface area contributed by atoms with Gasteiger partial charge in [-0.25, -0.2) is 14.4 Å². The molecular weight excluding hydrogens is 576 g/mol. The van der Waals surface area contributed by atoms with Crippen LogP contribution in [0.15, 0.2) is 0 Å². The van der Waals surface area contributed by atoms with Crippen molar-refractivity contribution in [1.29, 1.82) is 0 Å². The minimum atomic E-state index is -1.34. The van der Waals surface area contributed by atoms with Gasteiger partial charge in [-0.15, -0.1) is 0 Å². The molecule has 0 aromatic heterocycles. The summed E-state index contributed by atoms with van der Waals surface area (Å²) in [4.78, 5) is 38.7. The van der Waals surface area contributed by atoms with E-state index in [1.165, 1.54) is 0 Å². The number of esters is 3. The first-order valence-electron chi connectivity index (χ1n) is 15.7. The molecule has 0 aromatic carbocycles. The number of carbonyl (C=O) groups excluding carboxylic acids is 3. The maximum absolute atomic E-state index is 12.9. The van der Waals surface area contributed by atoms with Crippen LogP contribution < -0.4 is 0 Å².